The summed E-state index contributed by atoms with van der Waals surface area (Å²) in [5, 5.41) is 0. The van der Waals surface area contributed by atoms with Gasteiger partial charge in [-0.1, -0.05) is 12.2 Å². The summed E-state index contributed by atoms with van der Waals surface area (Å²) in [6.07, 6.45) is 1.67. The fourth-order valence-electron chi connectivity index (χ4n) is 1.45. The van der Waals surface area contributed by atoms with Gasteiger partial charge in [0.05, 0.1) is 12.2 Å². The summed E-state index contributed by atoms with van der Waals surface area (Å²) in [7, 11) is 5.38. The van der Waals surface area contributed by atoms with Crippen molar-refractivity contribution in [2.24, 2.45) is 5.73 Å². The van der Waals surface area contributed by atoms with Crippen LogP contribution in [0.5, 0.6) is 0 Å². The zero-order chi connectivity index (χ0) is 13.7. The van der Waals surface area contributed by atoms with Gasteiger partial charge in [-0.15, -0.1) is 0 Å². The Balaban J connectivity index is 2.64. The molecule has 6 heteroatoms. The first-order chi connectivity index (χ1) is 8.40. The van der Waals surface area contributed by atoms with Gasteiger partial charge >= 0.3 is 0 Å². The maximum absolute atomic E-state index is 11.5. The van der Waals surface area contributed by atoms with E-state index in [1.165, 1.54) is 0 Å². The number of aromatic nitrogens is 1. The Labute approximate surface area is 113 Å². The summed E-state index contributed by atoms with van der Waals surface area (Å²) in [5.74, 6) is 0.0705. The highest BCUT2D eigenvalue weighted by molar-refractivity contribution is 7.80. The number of nitrogens with two attached hydrogens (primary N) is 1. The Morgan fingerprint density at radius 2 is 2.11 bits per heavy atom. The Morgan fingerprint density at radius 3 is 2.67 bits per heavy atom. The highest BCUT2D eigenvalue weighted by Gasteiger charge is 2.09. The second-order valence-corrected chi connectivity index (χ2v) is 4.81. The van der Waals surface area contributed by atoms with Crippen molar-refractivity contribution in [2.45, 2.75) is 6.54 Å². The minimum atomic E-state index is 0.0705. The first kappa shape index (κ1) is 14.5. The number of amides is 1. The van der Waals surface area contributed by atoms with Crippen molar-refractivity contribution in [1.29, 1.82) is 0 Å². The van der Waals surface area contributed by atoms with E-state index in [1.807, 2.05) is 24.1 Å². The molecule has 0 spiro atoms. The maximum atomic E-state index is 11.5. The van der Waals surface area contributed by atoms with E-state index in [-0.39, 0.29) is 10.9 Å². The highest BCUT2D eigenvalue weighted by atomic mass is 32.1. The van der Waals surface area contributed by atoms with Gasteiger partial charge < -0.3 is 10.6 Å². The summed E-state index contributed by atoms with van der Waals surface area (Å²) in [6, 6.07) is 3.73. The van der Waals surface area contributed by atoms with E-state index in [1.54, 1.807) is 25.2 Å². The van der Waals surface area contributed by atoms with E-state index >= 15 is 0 Å². The largest absolute Gasteiger partial charge is 0.388 e. The summed E-state index contributed by atoms with van der Waals surface area (Å²) < 4.78 is 0. The number of hydrogen-bond donors (Lipinski definition) is 1. The molecular weight excluding hydrogens is 248 g/mol. The third kappa shape index (κ3) is 4.38. The van der Waals surface area contributed by atoms with Crippen molar-refractivity contribution in [3.63, 3.8) is 0 Å². The van der Waals surface area contributed by atoms with Gasteiger partial charge in [0.15, 0.2) is 0 Å². The molecule has 1 aromatic rings. The second-order valence-electron chi connectivity index (χ2n) is 4.37. The van der Waals surface area contributed by atoms with Crippen LogP contribution in [0.4, 0.5) is 0 Å². The SMILES string of the molecule is CN(CC(=O)N(C)C)Cc1ccnc(C(N)=S)c1. The fourth-order valence-corrected chi connectivity index (χ4v) is 1.56. The lowest BCUT2D eigenvalue weighted by Gasteiger charge is -2.19. The van der Waals surface area contributed by atoms with Gasteiger partial charge in [0.25, 0.3) is 0 Å². The average molecular weight is 266 g/mol. The quantitative estimate of drug-likeness (QED) is 0.773. The molecule has 98 valence electrons. The van der Waals surface area contributed by atoms with Crippen molar-refractivity contribution in [3.8, 4) is 0 Å². The number of likely N-dealkylation sites (N-methyl/N-ethyl adjacent to an activating group) is 2. The van der Waals surface area contributed by atoms with Crippen LogP contribution < -0.4 is 5.73 Å². The molecule has 0 aliphatic carbocycles. The Bertz CT molecular complexity index is 447. The van der Waals surface area contributed by atoms with Gasteiger partial charge in [-0.05, 0) is 24.7 Å². The number of thiocarbonyl (C=S) groups is 1. The van der Waals surface area contributed by atoms with Crippen LogP contribution in [-0.2, 0) is 11.3 Å². The third-order valence-electron chi connectivity index (χ3n) is 2.43. The van der Waals surface area contributed by atoms with Crippen LogP contribution in [0.2, 0.25) is 0 Å². The van der Waals surface area contributed by atoms with Crippen LogP contribution >= 0.6 is 12.2 Å². The number of nitrogens with zero attached hydrogens (tertiary/aromatic N) is 3. The Hall–Kier alpha value is -1.53. The number of hydrogen-bond acceptors (Lipinski definition) is 4. The predicted molar refractivity (Wildman–Crippen MR) is 75.2 cm³/mol. The van der Waals surface area contributed by atoms with Crippen molar-refractivity contribution < 1.29 is 4.79 Å². The second kappa shape index (κ2) is 6.42. The average Bonchev–Trinajstić information content (AvgIpc) is 2.28. The first-order valence-corrected chi connectivity index (χ1v) is 5.94. The lowest BCUT2D eigenvalue weighted by molar-refractivity contribution is -0.129. The van der Waals surface area contributed by atoms with Crippen molar-refractivity contribution >= 4 is 23.1 Å². The molecule has 18 heavy (non-hydrogen) atoms. The van der Waals surface area contributed by atoms with Gasteiger partial charge in [-0.25, -0.2) is 0 Å². The first-order valence-electron chi connectivity index (χ1n) is 5.53. The van der Waals surface area contributed by atoms with Gasteiger partial charge in [-0.3, -0.25) is 14.7 Å². The molecule has 5 nitrogen and oxygen atoms in total. The van der Waals surface area contributed by atoms with Crippen LogP contribution in [-0.4, -0.2) is 53.4 Å². The summed E-state index contributed by atoms with van der Waals surface area (Å²) in [4.78, 5) is 19.4. The van der Waals surface area contributed by atoms with E-state index in [2.05, 4.69) is 4.98 Å². The number of rotatable bonds is 5. The molecule has 0 bridgehead atoms. The van der Waals surface area contributed by atoms with Gasteiger partial charge in [0.1, 0.15) is 4.99 Å². The van der Waals surface area contributed by atoms with Crippen molar-refractivity contribution in [3.05, 3.63) is 29.6 Å². The molecule has 0 unspecified atom stereocenters. The zero-order valence-electron chi connectivity index (χ0n) is 10.9. The molecule has 1 heterocycles. The molecule has 1 amide bonds. The molecule has 0 aliphatic rings. The Kier molecular flexibility index (Phi) is 5.18. The molecule has 0 saturated carbocycles. The van der Waals surface area contributed by atoms with E-state index in [0.29, 0.717) is 18.8 Å². The number of carbonyl (C=O) groups excluding carboxylic acids is 1. The molecule has 2 N–H and O–H groups in total. The minimum absolute atomic E-state index is 0.0705. The number of pyridine rings is 1. The molecule has 1 rings (SSSR count). The molecule has 1 aromatic heterocycles. The smallest absolute Gasteiger partial charge is 0.236 e. The molecule has 0 fully saturated rings. The van der Waals surface area contributed by atoms with E-state index in [4.69, 9.17) is 18.0 Å². The maximum Gasteiger partial charge on any atom is 0.236 e. The van der Waals surface area contributed by atoms with Crippen molar-refractivity contribution in [2.75, 3.05) is 27.7 Å². The molecule has 0 aliphatic heterocycles. The monoisotopic (exact) mass is 266 g/mol. The standard InChI is InChI=1S/C12H18N4OS/c1-15(2)11(17)8-16(3)7-9-4-5-14-10(6-9)12(13)18/h4-6H,7-8H2,1-3H3,(H2,13,18). The summed E-state index contributed by atoms with van der Waals surface area (Å²) in [6.45, 7) is 1.02. The molecular formula is C12H18N4OS. The van der Waals surface area contributed by atoms with Gasteiger partial charge in [-0.2, -0.15) is 0 Å². The number of carbonyl (C=O) groups is 1. The van der Waals surface area contributed by atoms with E-state index in [9.17, 15) is 4.79 Å². The third-order valence-corrected chi connectivity index (χ3v) is 2.64. The van der Waals surface area contributed by atoms with Gasteiger partial charge in [0.2, 0.25) is 5.91 Å². The van der Waals surface area contributed by atoms with Crippen LogP contribution in [0, 0.1) is 0 Å². The lowest BCUT2D eigenvalue weighted by Crippen LogP contribution is -2.34. The molecule has 0 saturated heterocycles. The minimum Gasteiger partial charge on any atom is -0.388 e. The summed E-state index contributed by atoms with van der Waals surface area (Å²) in [5.41, 5.74) is 7.16. The molecule has 0 radical (unpaired) electrons. The van der Waals surface area contributed by atoms with E-state index < -0.39 is 0 Å². The highest BCUT2D eigenvalue weighted by Crippen LogP contribution is 2.05. The normalized spacial score (nSPS) is 10.4. The van der Waals surface area contributed by atoms with Crippen LogP contribution in [0.25, 0.3) is 0 Å². The van der Waals surface area contributed by atoms with Gasteiger partial charge in [0, 0.05) is 26.8 Å². The van der Waals surface area contributed by atoms with Crippen molar-refractivity contribution in [1.82, 2.24) is 14.8 Å². The fraction of sp³-hybridized carbons (Fsp3) is 0.417. The summed E-state index contributed by atoms with van der Waals surface area (Å²) >= 11 is 4.88. The van der Waals surface area contributed by atoms with Crippen LogP contribution in [0.3, 0.4) is 0 Å². The lowest BCUT2D eigenvalue weighted by atomic mass is 10.2. The topological polar surface area (TPSA) is 62.5 Å². The van der Waals surface area contributed by atoms with E-state index in [0.717, 1.165) is 5.56 Å². The Morgan fingerprint density at radius 1 is 1.44 bits per heavy atom. The molecule has 0 atom stereocenters. The van der Waals surface area contributed by atoms with Crippen LogP contribution in [0.15, 0.2) is 18.3 Å². The zero-order valence-corrected chi connectivity index (χ0v) is 11.7. The van der Waals surface area contributed by atoms with Crippen LogP contribution in [0.1, 0.15) is 11.3 Å². The predicted octanol–water partition coefficient (Wildman–Crippen LogP) is 0.236. The molecule has 0 aromatic carbocycles.